The Labute approximate surface area is 206 Å². The van der Waals surface area contributed by atoms with Crippen molar-refractivity contribution in [2.45, 2.75) is 38.5 Å². The Bertz CT molecular complexity index is 1300. The fourth-order valence-corrected chi connectivity index (χ4v) is 4.44. The molecule has 3 aromatic rings. The lowest BCUT2D eigenvalue weighted by atomic mass is 10.1. The van der Waals surface area contributed by atoms with E-state index in [-0.39, 0.29) is 5.91 Å². The molecule has 0 spiro atoms. The van der Waals surface area contributed by atoms with E-state index in [1.807, 2.05) is 45.0 Å². The Hall–Kier alpha value is -3.87. The van der Waals surface area contributed by atoms with Crippen molar-refractivity contribution in [3.8, 4) is 11.8 Å². The second-order valence-electron chi connectivity index (χ2n) is 8.04. The van der Waals surface area contributed by atoms with E-state index in [0.717, 1.165) is 11.1 Å². The molecule has 35 heavy (non-hydrogen) atoms. The van der Waals surface area contributed by atoms with E-state index in [0.29, 0.717) is 29.1 Å². The first-order chi connectivity index (χ1) is 16.7. The molecule has 0 aliphatic carbocycles. The molecule has 0 saturated carbocycles. The lowest BCUT2D eigenvalue weighted by molar-refractivity contribution is -0.122. The third-order valence-electron chi connectivity index (χ3n) is 5.28. The number of hydrogen-bond acceptors (Lipinski definition) is 6. The molecule has 0 aliphatic heterocycles. The number of rotatable bonds is 10. The van der Waals surface area contributed by atoms with E-state index in [9.17, 15) is 18.5 Å². The number of nitrogens with one attached hydrogen (secondary N) is 3. The largest absolute Gasteiger partial charge is 0.480 e. The average Bonchev–Trinajstić information content (AvgIpc) is 2.84. The molecule has 0 bridgehead atoms. The molecule has 8 nitrogen and oxygen atoms in total. The number of hydrogen-bond donors (Lipinski definition) is 3. The molecule has 1 amide bonds. The normalized spacial score (nSPS) is 12.7. The van der Waals surface area contributed by atoms with Gasteiger partial charge in [-0.05, 0) is 61.7 Å². The highest BCUT2D eigenvalue weighted by Gasteiger charge is 2.27. The Morgan fingerprint density at radius 3 is 2.26 bits per heavy atom. The van der Waals surface area contributed by atoms with Crippen molar-refractivity contribution < 1.29 is 17.9 Å². The van der Waals surface area contributed by atoms with Gasteiger partial charge in [-0.15, -0.1) is 4.83 Å². The summed E-state index contributed by atoms with van der Waals surface area (Å²) in [5, 5.41) is 10.8. The van der Waals surface area contributed by atoms with Gasteiger partial charge in [-0.2, -0.15) is 5.26 Å². The maximum absolute atomic E-state index is 12.7. The second-order valence-corrected chi connectivity index (χ2v) is 9.81. The number of nitrogens with zero attached hydrogens (tertiary/aromatic N) is 1. The quantitative estimate of drug-likeness (QED) is 0.356. The van der Waals surface area contributed by atoms with Gasteiger partial charge in [0.25, 0.3) is 5.91 Å². The van der Waals surface area contributed by atoms with Gasteiger partial charge >= 0.3 is 0 Å². The van der Waals surface area contributed by atoms with Crippen LogP contribution in [0.25, 0.3) is 0 Å². The summed E-state index contributed by atoms with van der Waals surface area (Å²) >= 11 is 0. The number of benzene rings is 3. The number of nitriles is 1. The SMILES string of the molecule is CCC(Oc1ccc(C)cc1C)C(=O)Nc1ccc(NNS(=O)(=O)C(C#N)c2ccccc2)cc1. The molecule has 3 N–H and O–H groups in total. The van der Waals surface area contributed by atoms with Crippen molar-refractivity contribution in [1.82, 2.24) is 4.83 Å². The zero-order valence-electron chi connectivity index (χ0n) is 19.8. The van der Waals surface area contributed by atoms with E-state index in [4.69, 9.17) is 4.74 Å². The van der Waals surface area contributed by atoms with Gasteiger partial charge < -0.3 is 15.5 Å². The van der Waals surface area contributed by atoms with Gasteiger partial charge in [0.1, 0.15) is 5.75 Å². The van der Waals surface area contributed by atoms with Gasteiger partial charge in [0.15, 0.2) is 11.4 Å². The molecule has 0 radical (unpaired) electrons. The topological polar surface area (TPSA) is 120 Å². The summed E-state index contributed by atoms with van der Waals surface area (Å²) in [5.41, 5.74) is 6.02. The minimum atomic E-state index is -4.01. The number of carbonyl (C=O) groups is 1. The highest BCUT2D eigenvalue weighted by atomic mass is 32.2. The predicted octanol–water partition coefficient (Wildman–Crippen LogP) is 4.61. The van der Waals surface area contributed by atoms with E-state index in [1.54, 1.807) is 54.6 Å². The number of anilines is 2. The lowest BCUT2D eigenvalue weighted by Crippen LogP contribution is -2.33. The predicted molar refractivity (Wildman–Crippen MR) is 136 cm³/mol. The van der Waals surface area contributed by atoms with E-state index < -0.39 is 21.4 Å². The highest BCUT2D eigenvalue weighted by Crippen LogP contribution is 2.23. The summed E-state index contributed by atoms with van der Waals surface area (Å²) in [4.78, 5) is 15.0. The van der Waals surface area contributed by atoms with Crippen molar-refractivity contribution in [1.29, 1.82) is 5.26 Å². The van der Waals surface area contributed by atoms with Gasteiger partial charge in [0, 0.05) is 11.4 Å². The number of sulfonamides is 1. The molecule has 0 heterocycles. The van der Waals surface area contributed by atoms with Crippen LogP contribution in [-0.4, -0.2) is 20.4 Å². The molecule has 0 aliphatic rings. The van der Waals surface area contributed by atoms with Crippen molar-refractivity contribution in [3.63, 3.8) is 0 Å². The van der Waals surface area contributed by atoms with Crippen LogP contribution in [0.2, 0.25) is 0 Å². The van der Waals surface area contributed by atoms with E-state index in [1.165, 1.54) is 0 Å². The fourth-order valence-electron chi connectivity index (χ4n) is 3.41. The highest BCUT2D eigenvalue weighted by molar-refractivity contribution is 7.90. The Kier molecular flexibility index (Phi) is 8.47. The summed E-state index contributed by atoms with van der Waals surface area (Å²) in [7, 11) is -4.01. The Morgan fingerprint density at radius 2 is 1.66 bits per heavy atom. The molecular weight excluding hydrogens is 464 g/mol. The van der Waals surface area contributed by atoms with Crippen molar-refractivity contribution >= 4 is 27.3 Å². The van der Waals surface area contributed by atoms with Crippen LogP contribution in [0.1, 0.15) is 35.3 Å². The molecule has 2 unspecified atom stereocenters. The third kappa shape index (κ3) is 6.82. The molecule has 0 aromatic heterocycles. The lowest BCUT2D eigenvalue weighted by Gasteiger charge is -2.19. The van der Waals surface area contributed by atoms with Crippen molar-refractivity contribution in [3.05, 3.63) is 89.5 Å². The van der Waals surface area contributed by atoms with Gasteiger partial charge in [-0.1, -0.05) is 55.0 Å². The number of ether oxygens (including phenoxy) is 1. The Morgan fingerprint density at radius 1 is 1.00 bits per heavy atom. The number of carbonyl (C=O) groups excluding carboxylic acids is 1. The number of hydrazine groups is 1. The van der Waals surface area contributed by atoms with E-state index in [2.05, 4.69) is 15.6 Å². The molecule has 3 aromatic carbocycles. The van der Waals surface area contributed by atoms with Gasteiger partial charge in [0.05, 0.1) is 6.07 Å². The van der Waals surface area contributed by atoms with E-state index >= 15 is 0 Å². The van der Waals surface area contributed by atoms with Gasteiger partial charge in [-0.3, -0.25) is 4.79 Å². The summed E-state index contributed by atoms with van der Waals surface area (Å²) in [6, 6.07) is 22.3. The third-order valence-corrected chi connectivity index (χ3v) is 6.67. The number of aryl methyl sites for hydroxylation is 2. The van der Waals surface area contributed by atoms with Crippen molar-refractivity contribution in [2.24, 2.45) is 0 Å². The zero-order chi connectivity index (χ0) is 25.4. The number of amides is 1. The van der Waals surface area contributed by atoms with Crippen LogP contribution in [0.5, 0.6) is 5.75 Å². The zero-order valence-corrected chi connectivity index (χ0v) is 20.6. The summed E-state index contributed by atoms with van der Waals surface area (Å²) in [6.07, 6.45) is -0.177. The van der Waals surface area contributed by atoms with Crippen LogP contribution in [0.4, 0.5) is 11.4 Å². The Balaban J connectivity index is 1.60. The monoisotopic (exact) mass is 492 g/mol. The van der Waals surface area contributed by atoms with Gasteiger partial charge in [0.2, 0.25) is 10.0 Å². The van der Waals surface area contributed by atoms with Gasteiger partial charge in [-0.25, -0.2) is 8.42 Å². The standard InChI is InChI=1S/C26H28N4O4S/c1-4-23(34-24-15-10-18(2)16-19(24)3)26(31)28-21-11-13-22(14-12-21)29-30-35(32,33)25(17-27)20-8-6-5-7-9-20/h5-16,23,25,29-30H,4H2,1-3H3,(H,28,31). The first-order valence-corrected chi connectivity index (χ1v) is 12.6. The maximum Gasteiger partial charge on any atom is 0.265 e. The first kappa shape index (κ1) is 25.7. The molecule has 182 valence electrons. The smallest absolute Gasteiger partial charge is 0.265 e. The second kappa shape index (κ2) is 11.5. The molecule has 3 rings (SSSR count). The van der Waals surface area contributed by atoms with Crippen LogP contribution >= 0.6 is 0 Å². The first-order valence-electron chi connectivity index (χ1n) is 11.1. The van der Waals surface area contributed by atoms with Crippen molar-refractivity contribution in [2.75, 3.05) is 10.7 Å². The average molecular weight is 493 g/mol. The molecule has 0 saturated heterocycles. The fraction of sp³-hybridized carbons (Fsp3) is 0.231. The van der Waals surface area contributed by atoms with Crippen LogP contribution in [0.3, 0.4) is 0 Å². The minimum Gasteiger partial charge on any atom is -0.480 e. The minimum absolute atomic E-state index is 0.284. The summed E-state index contributed by atoms with van der Waals surface area (Å²) in [5.74, 6) is 0.379. The summed E-state index contributed by atoms with van der Waals surface area (Å²) in [6.45, 7) is 5.80. The van der Waals surface area contributed by atoms with Crippen LogP contribution in [0.15, 0.2) is 72.8 Å². The molecule has 2 atom stereocenters. The molecular formula is C26H28N4O4S. The van der Waals surface area contributed by atoms with Crippen LogP contribution in [-0.2, 0) is 14.8 Å². The van der Waals surface area contributed by atoms with Crippen LogP contribution < -0.4 is 20.3 Å². The summed E-state index contributed by atoms with van der Waals surface area (Å²) < 4.78 is 31.1. The molecule has 9 heteroatoms. The van der Waals surface area contributed by atoms with Crippen LogP contribution in [0, 0.1) is 25.2 Å². The molecule has 0 fully saturated rings. The maximum atomic E-state index is 12.7.